The van der Waals surface area contributed by atoms with Gasteiger partial charge >= 0.3 is 0 Å². The first-order valence-electron chi connectivity index (χ1n) is 11.6. The summed E-state index contributed by atoms with van der Waals surface area (Å²) in [5.41, 5.74) is 2.43. The largest absolute Gasteiger partial charge is 0.497 e. The van der Waals surface area contributed by atoms with E-state index >= 15 is 0 Å². The Morgan fingerprint density at radius 3 is 2.51 bits per heavy atom. The first-order valence-corrected chi connectivity index (χ1v) is 13.6. The van der Waals surface area contributed by atoms with Gasteiger partial charge in [-0.1, -0.05) is 26.8 Å². The maximum Gasteiger partial charge on any atom is 0.240 e. The molecule has 0 unspecified atom stereocenters. The predicted molar refractivity (Wildman–Crippen MR) is 143 cm³/mol. The van der Waals surface area contributed by atoms with Crippen LogP contribution in [0.2, 0.25) is 0 Å². The molecule has 0 fully saturated rings. The molecule has 1 N–H and O–H groups in total. The maximum absolute atomic E-state index is 13.5. The Hall–Kier alpha value is -2.78. The lowest BCUT2D eigenvalue weighted by molar-refractivity contribution is -0.123. The molecule has 0 saturated heterocycles. The van der Waals surface area contributed by atoms with Crippen LogP contribution in [0.3, 0.4) is 0 Å². The molecular weight excluding hydrogens is 480 g/mol. The number of fused-ring (bicyclic) bond motifs is 1. The van der Waals surface area contributed by atoms with E-state index < -0.39 is 0 Å². The Labute approximate surface area is 214 Å². The molecule has 2 aromatic heterocycles. The van der Waals surface area contributed by atoms with E-state index in [1.807, 2.05) is 48.9 Å². The molecule has 3 aromatic rings. The second-order valence-corrected chi connectivity index (χ2v) is 11.9. The third-order valence-corrected chi connectivity index (χ3v) is 7.99. The van der Waals surface area contributed by atoms with Gasteiger partial charge in [0.25, 0.3) is 0 Å². The fraction of sp³-hybridized carbons (Fsp3) is 0.423. The molecule has 186 valence electrons. The zero-order valence-corrected chi connectivity index (χ0v) is 22.6. The first-order chi connectivity index (χ1) is 16.6. The van der Waals surface area contributed by atoms with Crippen molar-refractivity contribution in [3.05, 3.63) is 57.9 Å². The Kier molecular flexibility index (Phi) is 7.28. The molecule has 35 heavy (non-hydrogen) atoms. The topological polar surface area (TPSA) is 76.5 Å². The van der Waals surface area contributed by atoms with Crippen LogP contribution in [-0.4, -0.2) is 47.0 Å². The minimum Gasteiger partial charge on any atom is -0.497 e. The molecule has 1 aliphatic heterocycles. The van der Waals surface area contributed by atoms with Crippen molar-refractivity contribution < 1.29 is 14.3 Å². The number of carbonyl (C=O) groups is 2. The highest BCUT2D eigenvalue weighted by molar-refractivity contribution is 8.00. The number of aromatic nitrogens is 2. The minimum atomic E-state index is -0.281. The van der Waals surface area contributed by atoms with E-state index in [1.165, 1.54) is 0 Å². The van der Waals surface area contributed by atoms with Crippen LogP contribution in [0, 0.1) is 0 Å². The van der Waals surface area contributed by atoms with Gasteiger partial charge in [0, 0.05) is 21.9 Å². The summed E-state index contributed by atoms with van der Waals surface area (Å²) in [4.78, 5) is 29.2. The van der Waals surface area contributed by atoms with E-state index in [2.05, 4.69) is 37.5 Å². The lowest BCUT2D eigenvalue weighted by Gasteiger charge is -2.24. The van der Waals surface area contributed by atoms with Crippen LogP contribution >= 0.6 is 23.1 Å². The Balaban J connectivity index is 1.98. The van der Waals surface area contributed by atoms with Gasteiger partial charge in [-0.15, -0.1) is 23.1 Å². The molecule has 0 saturated carbocycles. The van der Waals surface area contributed by atoms with Crippen LogP contribution in [-0.2, 0) is 15.0 Å². The minimum absolute atomic E-state index is 0.0195. The summed E-state index contributed by atoms with van der Waals surface area (Å²) < 4.78 is 7.16. The molecule has 0 spiro atoms. The molecule has 1 atom stereocenters. The summed E-state index contributed by atoms with van der Waals surface area (Å²) in [6.45, 7) is 10.2. The zero-order chi connectivity index (χ0) is 25.3. The number of rotatable bonds is 6. The molecule has 7 nitrogen and oxygen atoms in total. The van der Waals surface area contributed by atoms with Gasteiger partial charge < -0.3 is 10.1 Å². The number of thioether (sulfide) groups is 1. The van der Waals surface area contributed by atoms with Gasteiger partial charge in [-0.2, -0.15) is 5.10 Å². The quantitative estimate of drug-likeness (QED) is 0.507. The molecular formula is C26H32N4O3S2. The van der Waals surface area contributed by atoms with Crippen LogP contribution in [0.15, 0.2) is 41.8 Å². The van der Waals surface area contributed by atoms with Gasteiger partial charge in [-0.3, -0.25) is 14.5 Å². The highest BCUT2D eigenvalue weighted by atomic mass is 32.2. The molecule has 1 aromatic carbocycles. The second kappa shape index (κ2) is 10.1. The summed E-state index contributed by atoms with van der Waals surface area (Å²) in [6.07, 6.45) is 0. The molecule has 3 heterocycles. The third-order valence-electron chi connectivity index (χ3n) is 5.67. The van der Waals surface area contributed by atoms with E-state index in [1.54, 1.807) is 35.1 Å². The van der Waals surface area contributed by atoms with Crippen LogP contribution in [0.5, 0.6) is 5.75 Å². The number of nitrogens with zero attached hydrogens (tertiary/aromatic N) is 3. The van der Waals surface area contributed by atoms with Crippen molar-refractivity contribution in [1.29, 1.82) is 0 Å². The number of hydrogen-bond donors (Lipinski definition) is 1. The number of nitrogens with one attached hydrogen (secondary N) is 1. The second-order valence-electron chi connectivity index (χ2n) is 9.85. The molecule has 9 heteroatoms. The average Bonchev–Trinajstić information content (AvgIpc) is 3.43. The van der Waals surface area contributed by atoms with Gasteiger partial charge in [0.2, 0.25) is 11.8 Å². The van der Waals surface area contributed by atoms with Gasteiger partial charge in [-0.05, 0) is 49.6 Å². The number of benzene rings is 1. The normalized spacial score (nSPS) is 16.3. The highest BCUT2D eigenvalue weighted by Crippen LogP contribution is 2.49. The monoisotopic (exact) mass is 512 g/mol. The fourth-order valence-corrected chi connectivity index (χ4v) is 6.33. The number of methoxy groups -OCH3 is 1. The van der Waals surface area contributed by atoms with E-state index in [0.717, 1.165) is 27.6 Å². The lowest BCUT2D eigenvalue weighted by Crippen LogP contribution is -2.44. The van der Waals surface area contributed by atoms with Gasteiger partial charge in [0.15, 0.2) is 0 Å². The van der Waals surface area contributed by atoms with Gasteiger partial charge in [0.05, 0.1) is 29.5 Å². The van der Waals surface area contributed by atoms with E-state index in [4.69, 9.17) is 9.84 Å². The van der Waals surface area contributed by atoms with Crippen LogP contribution < -0.4 is 15.0 Å². The summed E-state index contributed by atoms with van der Waals surface area (Å²) >= 11 is 3.27. The smallest absolute Gasteiger partial charge is 0.240 e. The van der Waals surface area contributed by atoms with Crippen molar-refractivity contribution in [1.82, 2.24) is 15.1 Å². The Bertz CT molecular complexity index is 1190. The SMILES string of the molecule is COc1ccc(-n2nc(C(C)(C)C)c3c2N(CC(=O)NC(C)C)C(=O)CS[C@@H]3c2cccs2)cc1. The number of carbonyl (C=O) groups excluding carboxylic acids is 2. The maximum atomic E-state index is 13.5. The van der Waals surface area contributed by atoms with Crippen LogP contribution in [0.4, 0.5) is 5.82 Å². The third kappa shape index (κ3) is 5.26. The van der Waals surface area contributed by atoms with Crippen LogP contribution in [0.1, 0.15) is 56.0 Å². The van der Waals surface area contributed by atoms with Crippen molar-refractivity contribution in [2.24, 2.45) is 0 Å². The van der Waals surface area contributed by atoms with E-state index in [9.17, 15) is 9.59 Å². The van der Waals surface area contributed by atoms with Crippen molar-refractivity contribution in [2.75, 3.05) is 24.3 Å². The molecule has 2 amide bonds. The van der Waals surface area contributed by atoms with Crippen molar-refractivity contribution in [3.63, 3.8) is 0 Å². The van der Waals surface area contributed by atoms with Crippen molar-refractivity contribution in [3.8, 4) is 11.4 Å². The van der Waals surface area contributed by atoms with Gasteiger partial charge in [0.1, 0.15) is 18.1 Å². The molecule has 0 radical (unpaired) electrons. The standard InChI is InChI=1S/C26H32N4O3S2/c1-16(2)27-20(31)14-29-21(32)15-35-23(19-8-7-13-34-19)22-24(26(3,4)5)28-30(25(22)29)17-9-11-18(33-6)12-10-17/h7-13,16,23H,14-15H2,1-6H3,(H,27,31)/t23-/m1/s1. The van der Waals surface area contributed by atoms with E-state index in [-0.39, 0.29) is 40.8 Å². The summed E-state index contributed by atoms with van der Waals surface area (Å²) in [5.74, 6) is 1.37. The summed E-state index contributed by atoms with van der Waals surface area (Å²) in [7, 11) is 1.63. The fourth-order valence-electron chi connectivity index (χ4n) is 4.15. The number of hydrogen-bond acceptors (Lipinski definition) is 6. The Morgan fingerprint density at radius 1 is 1.23 bits per heavy atom. The predicted octanol–water partition coefficient (Wildman–Crippen LogP) is 4.93. The summed E-state index contributed by atoms with van der Waals surface area (Å²) in [6, 6.07) is 11.7. The zero-order valence-electron chi connectivity index (χ0n) is 21.0. The molecule has 1 aliphatic rings. The summed E-state index contributed by atoms with van der Waals surface area (Å²) in [5, 5.41) is 10.0. The van der Waals surface area contributed by atoms with Gasteiger partial charge in [-0.25, -0.2) is 4.68 Å². The first kappa shape index (κ1) is 25.3. The number of amides is 2. The number of anilines is 1. The molecule has 4 rings (SSSR count). The van der Waals surface area contributed by atoms with E-state index in [0.29, 0.717) is 5.82 Å². The number of ether oxygens (including phenoxy) is 1. The molecule has 0 aliphatic carbocycles. The van der Waals surface area contributed by atoms with Crippen LogP contribution in [0.25, 0.3) is 5.69 Å². The average molecular weight is 513 g/mol. The Morgan fingerprint density at radius 2 is 1.94 bits per heavy atom. The number of thiophene rings is 1. The van der Waals surface area contributed by atoms with Crippen molar-refractivity contribution >= 4 is 40.7 Å². The lowest BCUT2D eigenvalue weighted by atomic mass is 9.88. The molecule has 0 bridgehead atoms. The van der Waals surface area contributed by atoms with Crippen molar-refractivity contribution in [2.45, 2.75) is 51.3 Å². The highest BCUT2D eigenvalue weighted by Gasteiger charge is 2.40.